The van der Waals surface area contributed by atoms with Crippen molar-refractivity contribution in [3.8, 4) is 0 Å². The number of carboxylic acids is 4. The summed E-state index contributed by atoms with van der Waals surface area (Å²) in [4.78, 5) is 61.9. The number of hydrogen-bond donors (Lipinski definition) is 4. The van der Waals surface area contributed by atoms with E-state index < -0.39 is 42.5 Å². The van der Waals surface area contributed by atoms with Crippen LogP contribution >= 0.6 is 0 Å². The minimum Gasteiger partial charge on any atom is -0.480 e. The molecule has 0 saturated carbocycles. The van der Waals surface area contributed by atoms with E-state index in [0.717, 1.165) is 0 Å². The van der Waals surface area contributed by atoms with Crippen molar-refractivity contribution in [3.63, 3.8) is 0 Å². The summed E-state index contributed by atoms with van der Waals surface area (Å²) in [6.07, 6.45) is 2.01. The summed E-state index contributed by atoms with van der Waals surface area (Å²) in [5.41, 5.74) is -1.12. The van der Waals surface area contributed by atoms with E-state index in [1.165, 1.54) is 4.90 Å². The fourth-order valence-electron chi connectivity index (χ4n) is 4.16. The summed E-state index contributed by atoms with van der Waals surface area (Å²) in [5, 5.41) is 37.4. The van der Waals surface area contributed by atoms with Gasteiger partial charge in [0.15, 0.2) is 0 Å². The Bertz CT molecular complexity index is 656. The first-order chi connectivity index (χ1) is 15.0. The van der Waals surface area contributed by atoms with Crippen LogP contribution < -0.4 is 0 Å². The summed E-state index contributed by atoms with van der Waals surface area (Å²) in [6.45, 7) is 0.493. The minimum atomic E-state index is -1.24. The molecule has 32 heavy (non-hydrogen) atoms. The van der Waals surface area contributed by atoms with Crippen LogP contribution in [0.2, 0.25) is 0 Å². The number of carboxylic acid groups (broad SMARTS) is 4. The highest BCUT2D eigenvalue weighted by Crippen LogP contribution is 2.28. The molecule has 12 nitrogen and oxygen atoms in total. The molecule has 0 spiro atoms. The Morgan fingerprint density at radius 1 is 0.781 bits per heavy atom. The van der Waals surface area contributed by atoms with Crippen LogP contribution in [-0.4, -0.2) is 123 Å². The molecule has 0 atom stereocenters. The maximum Gasteiger partial charge on any atom is 0.317 e. The SMILES string of the molecule is CCC(=O)CCCCC1(N(CC(=O)O)CC(=O)O)CN(CC(=O)O)CCN(CC(=O)O)C1. The second-order valence-corrected chi connectivity index (χ2v) is 8.18. The molecule has 0 unspecified atom stereocenters. The quantitative estimate of drug-likeness (QED) is 0.232. The lowest BCUT2D eigenvalue weighted by Gasteiger charge is -2.45. The number of unbranched alkanes of at least 4 members (excludes halogenated alkanes) is 1. The van der Waals surface area contributed by atoms with Crippen LogP contribution in [0.15, 0.2) is 0 Å². The van der Waals surface area contributed by atoms with Crippen LogP contribution in [0.3, 0.4) is 0 Å². The van der Waals surface area contributed by atoms with Gasteiger partial charge in [-0.25, -0.2) is 0 Å². The van der Waals surface area contributed by atoms with Gasteiger partial charge in [0.25, 0.3) is 0 Å². The molecule has 1 aliphatic heterocycles. The van der Waals surface area contributed by atoms with Crippen molar-refractivity contribution < 1.29 is 44.4 Å². The van der Waals surface area contributed by atoms with Gasteiger partial charge in [-0.3, -0.25) is 38.7 Å². The Hall–Kier alpha value is -2.57. The van der Waals surface area contributed by atoms with Gasteiger partial charge in [0, 0.05) is 44.6 Å². The second kappa shape index (κ2) is 13.1. The first-order valence-corrected chi connectivity index (χ1v) is 10.6. The lowest BCUT2D eigenvalue weighted by Crippen LogP contribution is -2.62. The summed E-state index contributed by atoms with van der Waals surface area (Å²) >= 11 is 0. The Labute approximate surface area is 186 Å². The number of carbonyl (C=O) groups is 5. The highest BCUT2D eigenvalue weighted by Gasteiger charge is 2.43. The highest BCUT2D eigenvalue weighted by molar-refractivity contribution is 5.77. The van der Waals surface area contributed by atoms with E-state index in [2.05, 4.69) is 0 Å². The number of ketones is 1. The zero-order valence-electron chi connectivity index (χ0n) is 18.4. The Balaban J connectivity index is 3.32. The van der Waals surface area contributed by atoms with E-state index in [-0.39, 0.29) is 51.5 Å². The van der Waals surface area contributed by atoms with E-state index in [1.54, 1.807) is 16.7 Å². The Morgan fingerprint density at radius 2 is 1.25 bits per heavy atom. The molecule has 4 N–H and O–H groups in total. The summed E-state index contributed by atoms with van der Waals surface area (Å²) in [6, 6.07) is 0. The van der Waals surface area contributed by atoms with Gasteiger partial charge in [-0.05, 0) is 12.8 Å². The van der Waals surface area contributed by atoms with Gasteiger partial charge in [-0.2, -0.15) is 0 Å². The molecule has 0 amide bonds. The fraction of sp³-hybridized carbons (Fsp3) is 0.750. The molecule has 0 aromatic carbocycles. The molecule has 1 rings (SSSR count). The van der Waals surface area contributed by atoms with E-state index in [1.807, 2.05) is 0 Å². The molecule has 0 radical (unpaired) electrons. The largest absolute Gasteiger partial charge is 0.480 e. The average Bonchev–Trinajstić information content (AvgIpc) is 2.83. The summed E-state index contributed by atoms with van der Waals surface area (Å²) in [5.74, 6) is -4.60. The van der Waals surface area contributed by atoms with Crippen molar-refractivity contribution >= 4 is 29.7 Å². The zero-order valence-corrected chi connectivity index (χ0v) is 18.4. The van der Waals surface area contributed by atoms with Crippen LogP contribution in [0.1, 0.15) is 39.0 Å². The maximum absolute atomic E-state index is 11.7. The van der Waals surface area contributed by atoms with Crippen molar-refractivity contribution in [1.82, 2.24) is 14.7 Å². The van der Waals surface area contributed by atoms with Gasteiger partial charge in [0.05, 0.1) is 26.2 Å². The normalized spacial score (nSPS) is 17.1. The number of aliphatic carboxylic acids is 4. The number of hydrogen-bond acceptors (Lipinski definition) is 8. The minimum absolute atomic E-state index is 0.0672. The molecule has 1 saturated heterocycles. The number of carbonyl (C=O) groups excluding carboxylic acids is 1. The third-order valence-corrected chi connectivity index (χ3v) is 5.55. The first kappa shape index (κ1) is 27.5. The summed E-state index contributed by atoms with van der Waals surface area (Å²) < 4.78 is 0. The van der Waals surface area contributed by atoms with E-state index in [0.29, 0.717) is 25.7 Å². The van der Waals surface area contributed by atoms with Crippen LogP contribution in [-0.2, 0) is 24.0 Å². The van der Waals surface area contributed by atoms with E-state index in [4.69, 9.17) is 0 Å². The molecule has 0 aromatic rings. The van der Waals surface area contributed by atoms with Gasteiger partial charge in [-0.15, -0.1) is 0 Å². The standard InChI is InChI=1S/C20H33N3O9/c1-2-15(24)5-3-4-6-20(23(11-18(29)30)12-19(31)32)13-21(9-16(25)26)7-8-22(14-20)10-17(27)28/h2-14H2,1H3,(H,25,26)(H,27,28)(H,29,30)(H,31,32). The van der Waals surface area contributed by atoms with Crippen LogP contribution in [0.25, 0.3) is 0 Å². The lowest BCUT2D eigenvalue weighted by molar-refractivity contribution is -0.148. The molecular formula is C20H33N3O9. The predicted octanol–water partition coefficient (Wildman–Crippen LogP) is -0.477. The van der Waals surface area contributed by atoms with Crippen molar-refractivity contribution in [2.24, 2.45) is 0 Å². The van der Waals surface area contributed by atoms with Crippen LogP contribution in [0, 0.1) is 0 Å². The van der Waals surface area contributed by atoms with Crippen molar-refractivity contribution in [2.45, 2.75) is 44.6 Å². The topological polar surface area (TPSA) is 176 Å². The Kier molecular flexibility index (Phi) is 11.2. The molecule has 1 heterocycles. The smallest absolute Gasteiger partial charge is 0.317 e. The third-order valence-electron chi connectivity index (χ3n) is 5.55. The lowest BCUT2D eigenvalue weighted by atomic mass is 9.88. The van der Waals surface area contributed by atoms with E-state index >= 15 is 0 Å². The van der Waals surface area contributed by atoms with Crippen molar-refractivity contribution in [2.75, 3.05) is 52.4 Å². The monoisotopic (exact) mass is 459 g/mol. The molecule has 182 valence electrons. The number of nitrogens with zero attached hydrogens (tertiary/aromatic N) is 3. The van der Waals surface area contributed by atoms with Gasteiger partial charge in [-0.1, -0.05) is 13.3 Å². The molecular weight excluding hydrogens is 426 g/mol. The zero-order chi connectivity index (χ0) is 24.3. The van der Waals surface area contributed by atoms with Crippen LogP contribution in [0.4, 0.5) is 0 Å². The first-order valence-electron chi connectivity index (χ1n) is 10.6. The van der Waals surface area contributed by atoms with Gasteiger partial charge < -0.3 is 20.4 Å². The summed E-state index contributed by atoms with van der Waals surface area (Å²) in [7, 11) is 0. The number of rotatable bonds is 15. The third kappa shape index (κ3) is 9.71. The van der Waals surface area contributed by atoms with Gasteiger partial charge >= 0.3 is 23.9 Å². The average molecular weight is 459 g/mol. The fourth-order valence-corrected chi connectivity index (χ4v) is 4.16. The maximum atomic E-state index is 11.7. The predicted molar refractivity (Wildman–Crippen MR) is 111 cm³/mol. The highest BCUT2D eigenvalue weighted by atomic mass is 16.4. The van der Waals surface area contributed by atoms with Crippen molar-refractivity contribution in [3.05, 3.63) is 0 Å². The Morgan fingerprint density at radius 3 is 1.62 bits per heavy atom. The molecule has 12 heteroatoms. The molecule has 1 fully saturated rings. The molecule has 0 bridgehead atoms. The molecule has 0 aromatic heterocycles. The van der Waals surface area contributed by atoms with Crippen molar-refractivity contribution in [1.29, 1.82) is 0 Å². The molecule has 0 aliphatic carbocycles. The molecule has 1 aliphatic rings. The van der Waals surface area contributed by atoms with Crippen LogP contribution in [0.5, 0.6) is 0 Å². The van der Waals surface area contributed by atoms with Gasteiger partial charge in [0.2, 0.25) is 0 Å². The van der Waals surface area contributed by atoms with E-state index in [9.17, 15) is 44.4 Å². The number of Topliss-reactive ketones (excluding diaryl/α,β-unsaturated/α-hetero) is 1. The van der Waals surface area contributed by atoms with Gasteiger partial charge in [0.1, 0.15) is 5.78 Å². The second-order valence-electron chi connectivity index (χ2n) is 8.18.